The number of nitrogens with one attached hydrogen (secondary N) is 2. The van der Waals surface area contributed by atoms with E-state index in [4.69, 9.17) is 0 Å². The lowest BCUT2D eigenvalue weighted by Crippen LogP contribution is -2.41. The quantitative estimate of drug-likeness (QED) is 0.720. The van der Waals surface area contributed by atoms with Crippen LogP contribution in [0.1, 0.15) is 25.3 Å². The predicted molar refractivity (Wildman–Crippen MR) is 96.3 cm³/mol. The molecule has 0 aromatic heterocycles. The van der Waals surface area contributed by atoms with Gasteiger partial charge < -0.3 is 10.6 Å². The van der Waals surface area contributed by atoms with Crippen molar-refractivity contribution in [3.8, 4) is 0 Å². The molecule has 0 saturated carbocycles. The molecule has 7 nitrogen and oxygen atoms in total. The van der Waals surface area contributed by atoms with Crippen LogP contribution in [0.5, 0.6) is 0 Å². The van der Waals surface area contributed by atoms with E-state index in [0.717, 1.165) is 35.9 Å². The van der Waals surface area contributed by atoms with Crippen molar-refractivity contribution in [3.05, 3.63) is 29.8 Å². The van der Waals surface area contributed by atoms with Crippen LogP contribution < -0.4 is 10.6 Å². The number of rotatable bonds is 7. The van der Waals surface area contributed by atoms with Gasteiger partial charge in [-0.05, 0) is 30.5 Å². The number of carbonyl (C=O) groups is 4. The molecule has 8 heteroatoms. The van der Waals surface area contributed by atoms with Crippen LogP contribution in [0.2, 0.25) is 0 Å². The van der Waals surface area contributed by atoms with Crippen molar-refractivity contribution in [3.63, 3.8) is 0 Å². The topological polar surface area (TPSA) is 95.6 Å². The first-order chi connectivity index (χ1) is 12.0. The molecular weight excluding hydrogens is 342 g/mol. The highest BCUT2D eigenvalue weighted by atomic mass is 32.2. The summed E-state index contributed by atoms with van der Waals surface area (Å²) in [5.41, 5.74) is 1.73. The maximum atomic E-state index is 11.9. The van der Waals surface area contributed by atoms with Crippen molar-refractivity contribution in [1.29, 1.82) is 0 Å². The lowest BCUT2D eigenvalue weighted by Gasteiger charge is -2.13. The highest BCUT2D eigenvalue weighted by molar-refractivity contribution is 8.14. The molecule has 0 spiro atoms. The lowest BCUT2D eigenvalue weighted by atomic mass is 10.1. The van der Waals surface area contributed by atoms with Gasteiger partial charge in [0.05, 0.1) is 5.75 Å². The summed E-state index contributed by atoms with van der Waals surface area (Å²) in [6.07, 6.45) is 3.21. The Balaban J connectivity index is 1.75. The molecule has 1 heterocycles. The van der Waals surface area contributed by atoms with Crippen LogP contribution >= 0.6 is 11.8 Å². The summed E-state index contributed by atoms with van der Waals surface area (Å²) in [7, 11) is 0. The smallest absolute Gasteiger partial charge is 0.313 e. The SMILES string of the molecule is CCCCc1ccc(NC(=O)C(=O)NCCN2C(=O)CSC2=O)cc1. The first-order valence-corrected chi connectivity index (χ1v) is 9.15. The van der Waals surface area contributed by atoms with E-state index in [0.29, 0.717) is 5.69 Å². The van der Waals surface area contributed by atoms with Gasteiger partial charge in [-0.1, -0.05) is 37.2 Å². The Bertz CT molecular complexity index is 644. The van der Waals surface area contributed by atoms with Gasteiger partial charge in [0.1, 0.15) is 0 Å². The van der Waals surface area contributed by atoms with Gasteiger partial charge in [0.2, 0.25) is 5.91 Å². The first kappa shape index (κ1) is 19.0. The summed E-state index contributed by atoms with van der Waals surface area (Å²) in [6.45, 7) is 2.23. The van der Waals surface area contributed by atoms with E-state index in [1.54, 1.807) is 12.1 Å². The molecule has 134 valence electrons. The zero-order chi connectivity index (χ0) is 18.2. The Kier molecular flexibility index (Phi) is 7.00. The number of aryl methyl sites for hydroxylation is 1. The van der Waals surface area contributed by atoms with Crippen molar-refractivity contribution >= 4 is 40.4 Å². The second-order valence-corrected chi connectivity index (χ2v) is 6.54. The maximum absolute atomic E-state index is 11.9. The molecule has 4 amide bonds. The van der Waals surface area contributed by atoms with E-state index in [1.165, 1.54) is 5.56 Å². The molecule has 1 fully saturated rings. The minimum Gasteiger partial charge on any atom is -0.346 e. The summed E-state index contributed by atoms with van der Waals surface area (Å²) in [5.74, 6) is -1.74. The Hall–Kier alpha value is -2.35. The zero-order valence-electron chi connectivity index (χ0n) is 14.0. The summed E-state index contributed by atoms with van der Waals surface area (Å²) in [6, 6.07) is 7.36. The summed E-state index contributed by atoms with van der Waals surface area (Å²) in [4.78, 5) is 47.5. The maximum Gasteiger partial charge on any atom is 0.313 e. The normalized spacial score (nSPS) is 13.9. The molecule has 2 rings (SSSR count). The second-order valence-electron chi connectivity index (χ2n) is 5.61. The number of thioether (sulfide) groups is 1. The fourth-order valence-corrected chi connectivity index (χ4v) is 3.03. The number of hydrogen-bond acceptors (Lipinski definition) is 5. The average Bonchev–Trinajstić information content (AvgIpc) is 2.93. The Labute approximate surface area is 150 Å². The molecule has 25 heavy (non-hydrogen) atoms. The molecule has 0 radical (unpaired) electrons. The van der Waals surface area contributed by atoms with Crippen molar-refractivity contribution in [1.82, 2.24) is 10.2 Å². The molecule has 1 saturated heterocycles. The third-order valence-corrected chi connectivity index (χ3v) is 4.56. The third kappa shape index (κ3) is 5.60. The number of anilines is 1. The van der Waals surface area contributed by atoms with E-state index in [2.05, 4.69) is 17.6 Å². The predicted octanol–water partition coefficient (Wildman–Crippen LogP) is 1.78. The number of unbranched alkanes of at least 4 members (excludes halogenated alkanes) is 1. The minimum absolute atomic E-state index is 0.0419. The highest BCUT2D eigenvalue weighted by Gasteiger charge is 2.29. The van der Waals surface area contributed by atoms with Crippen LogP contribution in [0, 0.1) is 0 Å². The van der Waals surface area contributed by atoms with Gasteiger partial charge in [-0.3, -0.25) is 24.1 Å². The molecule has 1 aromatic rings. The Morgan fingerprint density at radius 1 is 1.16 bits per heavy atom. The monoisotopic (exact) mass is 363 g/mol. The van der Waals surface area contributed by atoms with Gasteiger partial charge in [-0.25, -0.2) is 0 Å². The number of imide groups is 1. The molecule has 1 aromatic carbocycles. The van der Waals surface area contributed by atoms with Crippen LogP contribution in [-0.4, -0.2) is 46.7 Å². The standard InChI is InChI=1S/C17H21N3O4S/c1-2-3-4-12-5-7-13(8-6-12)19-16(23)15(22)18-9-10-20-14(21)11-25-17(20)24/h5-8H,2-4,9-11H2,1H3,(H,18,22)(H,19,23). The van der Waals surface area contributed by atoms with Crippen molar-refractivity contribution in [2.24, 2.45) is 0 Å². The Morgan fingerprint density at radius 3 is 2.48 bits per heavy atom. The van der Waals surface area contributed by atoms with Gasteiger partial charge in [-0.2, -0.15) is 0 Å². The van der Waals surface area contributed by atoms with Crippen LogP contribution in [-0.2, 0) is 20.8 Å². The number of hydrogen-bond donors (Lipinski definition) is 2. The fraction of sp³-hybridized carbons (Fsp3) is 0.412. The summed E-state index contributed by atoms with van der Waals surface area (Å²) in [5, 5.41) is 4.60. The van der Waals surface area contributed by atoms with Crippen LogP contribution in [0.4, 0.5) is 10.5 Å². The van der Waals surface area contributed by atoms with Crippen molar-refractivity contribution in [2.45, 2.75) is 26.2 Å². The van der Waals surface area contributed by atoms with Gasteiger partial charge in [-0.15, -0.1) is 0 Å². The van der Waals surface area contributed by atoms with Crippen LogP contribution in [0.25, 0.3) is 0 Å². The molecule has 0 aliphatic carbocycles. The zero-order valence-corrected chi connectivity index (χ0v) is 14.9. The molecular formula is C17H21N3O4S. The number of amides is 4. The minimum atomic E-state index is -0.804. The van der Waals surface area contributed by atoms with Crippen LogP contribution in [0.3, 0.4) is 0 Å². The van der Waals surface area contributed by atoms with Gasteiger partial charge in [0, 0.05) is 18.8 Å². The largest absolute Gasteiger partial charge is 0.346 e. The number of benzene rings is 1. The fourth-order valence-electron chi connectivity index (χ4n) is 2.28. The second kappa shape index (κ2) is 9.22. The Morgan fingerprint density at radius 2 is 1.88 bits per heavy atom. The molecule has 0 bridgehead atoms. The number of nitrogens with zero attached hydrogens (tertiary/aromatic N) is 1. The van der Waals surface area contributed by atoms with Gasteiger partial charge in [0.25, 0.3) is 5.24 Å². The number of carbonyl (C=O) groups excluding carboxylic acids is 4. The van der Waals surface area contributed by atoms with E-state index in [-0.39, 0.29) is 30.0 Å². The summed E-state index contributed by atoms with van der Waals surface area (Å²) < 4.78 is 0. The molecule has 2 N–H and O–H groups in total. The third-order valence-electron chi connectivity index (χ3n) is 3.70. The van der Waals surface area contributed by atoms with E-state index < -0.39 is 11.8 Å². The molecule has 0 unspecified atom stereocenters. The van der Waals surface area contributed by atoms with E-state index >= 15 is 0 Å². The molecule has 0 atom stereocenters. The van der Waals surface area contributed by atoms with E-state index in [1.807, 2.05) is 12.1 Å². The van der Waals surface area contributed by atoms with Crippen LogP contribution in [0.15, 0.2) is 24.3 Å². The highest BCUT2D eigenvalue weighted by Crippen LogP contribution is 2.17. The van der Waals surface area contributed by atoms with Crippen molar-refractivity contribution in [2.75, 3.05) is 24.2 Å². The van der Waals surface area contributed by atoms with Crippen molar-refractivity contribution < 1.29 is 19.2 Å². The average molecular weight is 363 g/mol. The molecule has 1 aliphatic rings. The van der Waals surface area contributed by atoms with E-state index in [9.17, 15) is 19.2 Å². The van der Waals surface area contributed by atoms with Gasteiger partial charge >= 0.3 is 11.8 Å². The first-order valence-electron chi connectivity index (χ1n) is 8.16. The lowest BCUT2D eigenvalue weighted by molar-refractivity contribution is -0.136. The molecule has 1 aliphatic heterocycles. The summed E-state index contributed by atoms with van der Waals surface area (Å²) >= 11 is 0.932. The van der Waals surface area contributed by atoms with Gasteiger partial charge in [0.15, 0.2) is 0 Å².